The lowest BCUT2D eigenvalue weighted by molar-refractivity contribution is -0.117. The third kappa shape index (κ3) is 4.32. The first kappa shape index (κ1) is 19.2. The monoisotopic (exact) mass is 408 g/mol. The summed E-state index contributed by atoms with van der Waals surface area (Å²) in [5.74, 6) is -0.178. The smallest absolute Gasteiger partial charge is 0.253 e. The quantitative estimate of drug-likeness (QED) is 0.677. The number of anilines is 1. The minimum absolute atomic E-state index is 0.0265. The summed E-state index contributed by atoms with van der Waals surface area (Å²) in [4.78, 5) is 26.5. The number of hydrogen-bond donors (Lipinski definition) is 1. The van der Waals surface area contributed by atoms with Crippen molar-refractivity contribution in [2.75, 3.05) is 18.0 Å². The lowest BCUT2D eigenvalue weighted by atomic mass is 10.1. The maximum atomic E-state index is 12.7. The number of aromatic nitrogens is 2. The molecule has 1 aliphatic rings. The van der Waals surface area contributed by atoms with E-state index in [1.54, 1.807) is 34.0 Å². The molecule has 0 radical (unpaired) electrons. The highest BCUT2D eigenvalue weighted by Crippen LogP contribution is 2.28. The summed E-state index contributed by atoms with van der Waals surface area (Å²) in [7, 11) is 0. The highest BCUT2D eigenvalue weighted by Gasteiger charge is 2.26. The number of benzene rings is 2. The van der Waals surface area contributed by atoms with Gasteiger partial charge in [0.2, 0.25) is 5.91 Å². The molecule has 1 fully saturated rings. The zero-order chi connectivity index (χ0) is 20.2. The number of hydrogen-bond acceptors (Lipinski definition) is 3. The Labute approximate surface area is 174 Å². The van der Waals surface area contributed by atoms with E-state index in [2.05, 4.69) is 10.4 Å². The van der Waals surface area contributed by atoms with Crippen LogP contribution < -0.4 is 10.2 Å². The van der Waals surface area contributed by atoms with E-state index < -0.39 is 0 Å². The summed E-state index contributed by atoms with van der Waals surface area (Å²) in [5, 5.41) is 7.67. The second kappa shape index (κ2) is 8.49. The van der Waals surface area contributed by atoms with Gasteiger partial charge in [-0.25, -0.2) is 4.68 Å². The normalized spacial score (nSPS) is 13.7. The van der Waals surface area contributed by atoms with Gasteiger partial charge in [0.1, 0.15) is 0 Å². The molecule has 148 valence electrons. The largest absolute Gasteiger partial charge is 0.352 e. The molecule has 0 unspecified atom stereocenters. The average Bonchev–Trinajstić information content (AvgIpc) is 3.40. The van der Waals surface area contributed by atoms with Crippen molar-refractivity contribution in [1.82, 2.24) is 15.1 Å². The molecule has 4 rings (SSSR count). The number of nitrogens with zero attached hydrogens (tertiary/aromatic N) is 3. The van der Waals surface area contributed by atoms with Crippen molar-refractivity contribution in [3.63, 3.8) is 0 Å². The van der Waals surface area contributed by atoms with Crippen LogP contribution in [0.2, 0.25) is 5.02 Å². The van der Waals surface area contributed by atoms with Gasteiger partial charge in [0.15, 0.2) is 0 Å². The number of carbonyl (C=O) groups is 2. The molecule has 7 heteroatoms. The Kier molecular flexibility index (Phi) is 5.62. The second-order valence-electron chi connectivity index (χ2n) is 6.93. The van der Waals surface area contributed by atoms with Crippen LogP contribution in [-0.4, -0.2) is 34.7 Å². The Hall–Kier alpha value is -3.12. The fraction of sp³-hybridized carbons (Fsp3) is 0.227. The van der Waals surface area contributed by atoms with Crippen LogP contribution in [0.5, 0.6) is 0 Å². The molecule has 0 bridgehead atoms. The molecule has 0 saturated carbocycles. The van der Waals surface area contributed by atoms with Crippen molar-refractivity contribution in [3.05, 3.63) is 77.1 Å². The van der Waals surface area contributed by atoms with Crippen molar-refractivity contribution in [3.8, 4) is 5.69 Å². The zero-order valence-corrected chi connectivity index (χ0v) is 16.6. The maximum absolute atomic E-state index is 12.7. The van der Waals surface area contributed by atoms with Gasteiger partial charge in [-0.2, -0.15) is 5.10 Å². The molecule has 2 heterocycles. The van der Waals surface area contributed by atoms with Gasteiger partial charge >= 0.3 is 0 Å². The lowest BCUT2D eigenvalue weighted by Crippen LogP contribution is -2.30. The van der Waals surface area contributed by atoms with Crippen LogP contribution >= 0.6 is 11.6 Å². The van der Waals surface area contributed by atoms with E-state index in [0.717, 1.165) is 17.7 Å². The van der Waals surface area contributed by atoms with E-state index in [1.165, 1.54) is 0 Å². The molecular weight excluding hydrogens is 388 g/mol. The van der Waals surface area contributed by atoms with E-state index in [-0.39, 0.29) is 11.8 Å². The molecule has 1 saturated heterocycles. The molecule has 2 aromatic carbocycles. The first-order valence-corrected chi connectivity index (χ1v) is 9.97. The number of nitrogens with one attached hydrogen (secondary N) is 1. The minimum atomic E-state index is -0.204. The molecule has 29 heavy (non-hydrogen) atoms. The van der Waals surface area contributed by atoms with Gasteiger partial charge in [-0.05, 0) is 54.8 Å². The number of rotatable bonds is 6. The number of halogens is 1. The van der Waals surface area contributed by atoms with Crippen LogP contribution in [0.25, 0.3) is 5.69 Å². The van der Waals surface area contributed by atoms with Gasteiger partial charge < -0.3 is 10.2 Å². The van der Waals surface area contributed by atoms with Crippen molar-refractivity contribution < 1.29 is 9.59 Å². The van der Waals surface area contributed by atoms with Crippen molar-refractivity contribution in [1.29, 1.82) is 0 Å². The molecular formula is C22H21ClN4O2. The summed E-state index contributed by atoms with van der Waals surface area (Å²) >= 11 is 6.11. The van der Waals surface area contributed by atoms with E-state index in [0.29, 0.717) is 42.2 Å². The summed E-state index contributed by atoms with van der Waals surface area (Å²) in [6.07, 6.45) is 5.63. The SMILES string of the molecule is O=C(NCCc1ccc(-n2cccn2)cc1)c1ccc(Cl)cc1N1CCCC1=O. The summed E-state index contributed by atoms with van der Waals surface area (Å²) in [5.41, 5.74) is 3.16. The van der Waals surface area contributed by atoms with Crippen LogP contribution in [0.15, 0.2) is 60.9 Å². The zero-order valence-electron chi connectivity index (χ0n) is 15.8. The molecule has 2 amide bonds. The van der Waals surface area contributed by atoms with E-state index >= 15 is 0 Å². The van der Waals surface area contributed by atoms with Crippen LogP contribution in [0.1, 0.15) is 28.8 Å². The lowest BCUT2D eigenvalue weighted by Gasteiger charge is -2.19. The Morgan fingerprint density at radius 1 is 1.17 bits per heavy atom. The van der Waals surface area contributed by atoms with Gasteiger partial charge in [-0.3, -0.25) is 9.59 Å². The Balaban J connectivity index is 1.39. The van der Waals surface area contributed by atoms with Crippen LogP contribution in [-0.2, 0) is 11.2 Å². The van der Waals surface area contributed by atoms with E-state index in [1.807, 2.05) is 36.5 Å². The molecule has 1 N–H and O–H groups in total. The van der Waals surface area contributed by atoms with Crippen LogP contribution in [0.4, 0.5) is 5.69 Å². The fourth-order valence-corrected chi connectivity index (χ4v) is 3.64. The fourth-order valence-electron chi connectivity index (χ4n) is 3.48. The van der Waals surface area contributed by atoms with Crippen molar-refractivity contribution in [2.24, 2.45) is 0 Å². The van der Waals surface area contributed by atoms with Gasteiger partial charge in [0.25, 0.3) is 5.91 Å². The van der Waals surface area contributed by atoms with Crippen molar-refractivity contribution >= 4 is 29.1 Å². The third-order valence-electron chi connectivity index (χ3n) is 4.97. The van der Waals surface area contributed by atoms with Crippen molar-refractivity contribution in [2.45, 2.75) is 19.3 Å². The third-order valence-corrected chi connectivity index (χ3v) is 5.21. The topological polar surface area (TPSA) is 67.2 Å². The molecule has 0 aliphatic carbocycles. The predicted octanol–water partition coefficient (Wildman–Crippen LogP) is 3.63. The Morgan fingerprint density at radius 2 is 2.00 bits per heavy atom. The first-order valence-electron chi connectivity index (χ1n) is 9.59. The molecule has 0 atom stereocenters. The average molecular weight is 409 g/mol. The summed E-state index contributed by atoms with van der Waals surface area (Å²) in [6.45, 7) is 1.11. The molecule has 0 spiro atoms. The molecule has 3 aromatic rings. The van der Waals surface area contributed by atoms with Crippen LogP contribution in [0.3, 0.4) is 0 Å². The number of carbonyl (C=O) groups excluding carboxylic acids is 2. The number of amides is 2. The molecule has 6 nitrogen and oxygen atoms in total. The summed E-state index contributed by atoms with van der Waals surface area (Å²) < 4.78 is 1.80. The van der Waals surface area contributed by atoms with Crippen LogP contribution in [0, 0.1) is 0 Å². The second-order valence-corrected chi connectivity index (χ2v) is 7.37. The summed E-state index contributed by atoms with van der Waals surface area (Å²) in [6, 6.07) is 15.0. The van der Waals surface area contributed by atoms with Gasteiger partial charge in [-0.1, -0.05) is 23.7 Å². The van der Waals surface area contributed by atoms with Gasteiger partial charge in [0, 0.05) is 36.9 Å². The highest BCUT2D eigenvalue weighted by molar-refractivity contribution is 6.31. The maximum Gasteiger partial charge on any atom is 0.253 e. The van der Waals surface area contributed by atoms with Gasteiger partial charge in [-0.15, -0.1) is 0 Å². The Morgan fingerprint density at radius 3 is 2.69 bits per heavy atom. The standard InChI is InChI=1S/C22H21ClN4O2/c23-17-6-9-19(20(15-17)26-13-1-3-21(26)28)22(29)24-12-10-16-4-7-18(8-5-16)27-14-2-11-25-27/h2,4-9,11,14-15H,1,3,10,12-13H2,(H,24,29). The van der Waals surface area contributed by atoms with E-state index in [9.17, 15) is 9.59 Å². The highest BCUT2D eigenvalue weighted by atomic mass is 35.5. The minimum Gasteiger partial charge on any atom is -0.352 e. The Bertz CT molecular complexity index is 1020. The predicted molar refractivity (Wildman–Crippen MR) is 113 cm³/mol. The molecule has 1 aromatic heterocycles. The molecule has 1 aliphatic heterocycles. The first-order chi connectivity index (χ1) is 14.1. The van der Waals surface area contributed by atoms with E-state index in [4.69, 9.17) is 11.6 Å². The van der Waals surface area contributed by atoms with Gasteiger partial charge in [0.05, 0.1) is 16.9 Å².